The second-order valence-electron chi connectivity index (χ2n) is 4.89. The molecule has 0 heterocycles. The molecule has 0 aliphatic rings. The molecule has 0 aliphatic heterocycles. The lowest BCUT2D eigenvalue weighted by Gasteiger charge is -2.26. The van der Waals surface area contributed by atoms with Crippen LogP contribution >= 0.6 is 0 Å². The molecule has 0 fully saturated rings. The Morgan fingerprint density at radius 1 is 1.18 bits per heavy atom. The Balaban J connectivity index is 3.54. The highest BCUT2D eigenvalue weighted by Crippen LogP contribution is 2.18. The van der Waals surface area contributed by atoms with E-state index in [0.717, 1.165) is 0 Å². The summed E-state index contributed by atoms with van der Waals surface area (Å²) >= 11 is 0. The molecule has 0 saturated heterocycles. The summed E-state index contributed by atoms with van der Waals surface area (Å²) in [5.74, 6) is 0. The lowest BCUT2D eigenvalue weighted by molar-refractivity contribution is 0.227. The fourth-order valence-corrected chi connectivity index (χ4v) is 0.770. The highest BCUT2D eigenvalue weighted by molar-refractivity contribution is 4.65. The highest BCUT2D eigenvalue weighted by atomic mass is 15.1. The van der Waals surface area contributed by atoms with Crippen LogP contribution in [0.2, 0.25) is 0 Å². The monoisotopic (exact) mass is 157 g/mol. The Morgan fingerprint density at radius 3 is 1.91 bits per heavy atom. The molecule has 0 spiro atoms. The number of hydrogen-bond acceptors (Lipinski definition) is 1. The molecule has 0 aliphatic carbocycles. The zero-order valence-electron chi connectivity index (χ0n) is 8.94. The van der Waals surface area contributed by atoms with E-state index in [4.69, 9.17) is 0 Å². The summed E-state index contributed by atoms with van der Waals surface area (Å²) < 4.78 is 0. The fraction of sp³-hybridized carbons (Fsp3) is 1.00. The van der Waals surface area contributed by atoms with Crippen molar-refractivity contribution in [3.05, 3.63) is 0 Å². The molecule has 0 atom stereocenters. The van der Waals surface area contributed by atoms with E-state index in [1.54, 1.807) is 0 Å². The maximum atomic E-state index is 2.39. The zero-order valence-corrected chi connectivity index (χ0v) is 8.94. The van der Waals surface area contributed by atoms with Crippen LogP contribution in [-0.4, -0.2) is 24.5 Å². The summed E-state index contributed by atoms with van der Waals surface area (Å²) in [6.45, 7) is 12.6. The van der Waals surface area contributed by atoms with Gasteiger partial charge in [-0.15, -0.1) is 0 Å². The van der Waals surface area contributed by atoms with Gasteiger partial charge in [-0.1, -0.05) is 20.8 Å². The van der Waals surface area contributed by atoms with Gasteiger partial charge in [-0.05, 0) is 39.3 Å². The van der Waals surface area contributed by atoms with Gasteiger partial charge in [0.25, 0.3) is 0 Å². The molecule has 0 aromatic heterocycles. The normalized spacial score (nSPS) is 13.1. The number of nitrogens with zero attached hydrogens (tertiary/aromatic N) is 1. The third-order valence-electron chi connectivity index (χ3n) is 2.10. The van der Waals surface area contributed by atoms with Crippen LogP contribution < -0.4 is 0 Å². The van der Waals surface area contributed by atoms with E-state index in [1.165, 1.54) is 13.0 Å². The Bertz CT molecular complexity index is 99.9. The van der Waals surface area contributed by atoms with Crippen molar-refractivity contribution in [2.75, 3.05) is 13.6 Å². The first-order valence-electron chi connectivity index (χ1n) is 4.53. The molecule has 0 amide bonds. The highest BCUT2D eigenvalue weighted by Gasteiger charge is 2.12. The van der Waals surface area contributed by atoms with Crippen LogP contribution in [0.25, 0.3) is 0 Å². The Hall–Kier alpha value is -0.0400. The van der Waals surface area contributed by atoms with Crippen LogP contribution in [0.15, 0.2) is 0 Å². The molecule has 11 heavy (non-hydrogen) atoms. The SMILES string of the molecule is CC(C)N(C)CCC(C)(C)C. The van der Waals surface area contributed by atoms with Gasteiger partial charge >= 0.3 is 0 Å². The van der Waals surface area contributed by atoms with Crippen LogP contribution in [0.3, 0.4) is 0 Å². The number of hydrogen-bond donors (Lipinski definition) is 0. The first-order valence-corrected chi connectivity index (χ1v) is 4.53. The molecular formula is C10H23N. The van der Waals surface area contributed by atoms with Gasteiger partial charge in [-0.25, -0.2) is 0 Å². The van der Waals surface area contributed by atoms with Gasteiger partial charge in [0.2, 0.25) is 0 Å². The Kier molecular flexibility index (Phi) is 4.09. The molecule has 0 N–H and O–H groups in total. The van der Waals surface area contributed by atoms with E-state index in [-0.39, 0.29) is 0 Å². The quantitative estimate of drug-likeness (QED) is 0.609. The first-order chi connectivity index (χ1) is 4.83. The fourth-order valence-electron chi connectivity index (χ4n) is 0.770. The Labute approximate surface area is 71.8 Å². The van der Waals surface area contributed by atoms with Gasteiger partial charge in [-0.2, -0.15) is 0 Å². The standard InChI is InChI=1S/C10H23N/c1-9(2)11(6)8-7-10(3,4)5/h9H,7-8H2,1-6H3. The molecule has 0 radical (unpaired) electrons. The van der Waals surface area contributed by atoms with Crippen molar-refractivity contribution in [1.82, 2.24) is 4.90 Å². The average Bonchev–Trinajstić information content (AvgIpc) is 1.80. The van der Waals surface area contributed by atoms with Gasteiger partial charge in [0.1, 0.15) is 0 Å². The van der Waals surface area contributed by atoms with Gasteiger partial charge in [0.05, 0.1) is 0 Å². The van der Waals surface area contributed by atoms with E-state index in [9.17, 15) is 0 Å². The molecule has 0 unspecified atom stereocenters. The second-order valence-corrected chi connectivity index (χ2v) is 4.89. The average molecular weight is 157 g/mol. The third-order valence-corrected chi connectivity index (χ3v) is 2.10. The predicted octanol–water partition coefficient (Wildman–Crippen LogP) is 2.76. The second kappa shape index (κ2) is 4.10. The summed E-state index contributed by atoms with van der Waals surface area (Å²) in [5.41, 5.74) is 0.475. The van der Waals surface area contributed by atoms with Crippen molar-refractivity contribution in [2.45, 2.75) is 47.1 Å². The van der Waals surface area contributed by atoms with Gasteiger partial charge in [-0.3, -0.25) is 0 Å². The van der Waals surface area contributed by atoms with Crippen molar-refractivity contribution < 1.29 is 0 Å². The van der Waals surface area contributed by atoms with Gasteiger partial charge in [0, 0.05) is 6.04 Å². The molecule has 0 bridgehead atoms. The molecular weight excluding hydrogens is 134 g/mol. The predicted molar refractivity (Wildman–Crippen MR) is 51.8 cm³/mol. The van der Waals surface area contributed by atoms with E-state index in [1.807, 2.05) is 0 Å². The minimum atomic E-state index is 0.475. The largest absolute Gasteiger partial charge is 0.304 e. The van der Waals surface area contributed by atoms with Crippen molar-refractivity contribution in [2.24, 2.45) is 5.41 Å². The van der Waals surface area contributed by atoms with Gasteiger partial charge in [0.15, 0.2) is 0 Å². The van der Waals surface area contributed by atoms with Crippen LogP contribution in [0.5, 0.6) is 0 Å². The van der Waals surface area contributed by atoms with Crippen LogP contribution in [0, 0.1) is 5.41 Å². The molecule has 0 rings (SSSR count). The van der Waals surface area contributed by atoms with Gasteiger partial charge < -0.3 is 4.90 Å². The zero-order chi connectivity index (χ0) is 9.07. The van der Waals surface area contributed by atoms with Crippen LogP contribution in [0.4, 0.5) is 0 Å². The minimum absolute atomic E-state index is 0.475. The van der Waals surface area contributed by atoms with Crippen LogP contribution in [-0.2, 0) is 0 Å². The smallest absolute Gasteiger partial charge is 0.00355 e. The summed E-state index contributed by atoms with van der Waals surface area (Å²) in [7, 11) is 2.19. The first kappa shape index (κ1) is 11.0. The summed E-state index contributed by atoms with van der Waals surface area (Å²) in [4.78, 5) is 2.39. The molecule has 0 saturated carbocycles. The summed E-state index contributed by atoms with van der Waals surface area (Å²) in [6.07, 6.45) is 1.28. The van der Waals surface area contributed by atoms with Crippen molar-refractivity contribution in [3.63, 3.8) is 0 Å². The van der Waals surface area contributed by atoms with E-state index in [2.05, 4.69) is 46.6 Å². The molecule has 1 heteroatoms. The lowest BCUT2D eigenvalue weighted by atomic mass is 9.92. The molecule has 68 valence electrons. The maximum absolute atomic E-state index is 2.39. The lowest BCUT2D eigenvalue weighted by Crippen LogP contribution is -2.29. The summed E-state index contributed by atoms with van der Waals surface area (Å²) in [5, 5.41) is 0. The van der Waals surface area contributed by atoms with Crippen LogP contribution in [0.1, 0.15) is 41.0 Å². The third kappa shape index (κ3) is 6.36. The van der Waals surface area contributed by atoms with E-state index >= 15 is 0 Å². The minimum Gasteiger partial charge on any atom is -0.304 e. The molecule has 0 aromatic rings. The maximum Gasteiger partial charge on any atom is 0.00355 e. The molecule has 0 aromatic carbocycles. The van der Waals surface area contributed by atoms with E-state index < -0.39 is 0 Å². The number of rotatable bonds is 3. The van der Waals surface area contributed by atoms with Crippen molar-refractivity contribution >= 4 is 0 Å². The topological polar surface area (TPSA) is 3.24 Å². The van der Waals surface area contributed by atoms with E-state index in [0.29, 0.717) is 11.5 Å². The Morgan fingerprint density at radius 2 is 1.64 bits per heavy atom. The van der Waals surface area contributed by atoms with Crippen molar-refractivity contribution in [3.8, 4) is 0 Å². The molecule has 1 nitrogen and oxygen atoms in total. The summed E-state index contributed by atoms with van der Waals surface area (Å²) in [6, 6.07) is 0.678. The van der Waals surface area contributed by atoms with Crippen molar-refractivity contribution in [1.29, 1.82) is 0 Å².